The standard InChI is InChI=1S/C16H16N6OS2/c1-2-12(23)22-8-10(9-22)7-18-14-13-11(3-5-24-13)19-15(20-14)21-16-17-4-6-25-16/h2-6,10H,1,7-9H2,(H2,17,18,19,20,21). The molecule has 1 aliphatic heterocycles. The molecule has 1 fully saturated rings. The number of rotatable bonds is 6. The van der Waals surface area contributed by atoms with Crippen LogP contribution in [0.2, 0.25) is 0 Å². The Bertz CT molecular complexity index is 901. The van der Waals surface area contributed by atoms with Crippen molar-refractivity contribution in [2.45, 2.75) is 0 Å². The summed E-state index contributed by atoms with van der Waals surface area (Å²) in [6.45, 7) is 5.78. The monoisotopic (exact) mass is 372 g/mol. The maximum Gasteiger partial charge on any atom is 0.245 e. The average molecular weight is 372 g/mol. The van der Waals surface area contributed by atoms with E-state index in [1.165, 1.54) is 17.4 Å². The fourth-order valence-corrected chi connectivity index (χ4v) is 3.99. The van der Waals surface area contributed by atoms with E-state index in [2.05, 4.69) is 32.2 Å². The number of hydrogen-bond acceptors (Lipinski definition) is 8. The van der Waals surface area contributed by atoms with E-state index >= 15 is 0 Å². The number of aromatic nitrogens is 3. The Hall–Kier alpha value is -2.52. The third kappa shape index (κ3) is 3.33. The van der Waals surface area contributed by atoms with E-state index in [1.54, 1.807) is 22.4 Å². The van der Waals surface area contributed by atoms with E-state index < -0.39 is 0 Å². The van der Waals surface area contributed by atoms with Crippen LogP contribution in [0.4, 0.5) is 16.9 Å². The first-order valence-corrected chi connectivity index (χ1v) is 9.56. The summed E-state index contributed by atoms with van der Waals surface area (Å²) in [5, 5.41) is 11.2. The van der Waals surface area contributed by atoms with Gasteiger partial charge in [0.2, 0.25) is 11.9 Å². The lowest BCUT2D eigenvalue weighted by Gasteiger charge is -2.38. The summed E-state index contributed by atoms with van der Waals surface area (Å²) in [4.78, 5) is 26.6. The molecule has 128 valence electrons. The van der Waals surface area contributed by atoms with Crippen molar-refractivity contribution in [1.29, 1.82) is 0 Å². The minimum atomic E-state index is -0.00568. The fraction of sp³-hybridized carbons (Fsp3) is 0.250. The molecular weight excluding hydrogens is 356 g/mol. The van der Waals surface area contributed by atoms with E-state index in [9.17, 15) is 4.79 Å². The minimum Gasteiger partial charge on any atom is -0.368 e. The van der Waals surface area contributed by atoms with Gasteiger partial charge < -0.3 is 10.2 Å². The predicted molar refractivity (Wildman–Crippen MR) is 102 cm³/mol. The molecule has 1 amide bonds. The van der Waals surface area contributed by atoms with Crippen molar-refractivity contribution in [3.8, 4) is 0 Å². The van der Waals surface area contributed by atoms with E-state index in [0.717, 1.165) is 40.8 Å². The van der Waals surface area contributed by atoms with E-state index in [1.807, 2.05) is 16.8 Å². The Kier molecular flexibility index (Phi) is 4.33. The van der Waals surface area contributed by atoms with Crippen LogP contribution in [0, 0.1) is 5.92 Å². The number of anilines is 3. The number of carbonyl (C=O) groups is 1. The first-order valence-electron chi connectivity index (χ1n) is 7.80. The average Bonchev–Trinajstić information content (AvgIpc) is 3.24. The second-order valence-corrected chi connectivity index (χ2v) is 7.50. The highest BCUT2D eigenvalue weighted by Gasteiger charge is 2.29. The lowest BCUT2D eigenvalue weighted by Crippen LogP contribution is -2.51. The maximum atomic E-state index is 11.5. The van der Waals surface area contributed by atoms with Gasteiger partial charge in [0, 0.05) is 37.1 Å². The van der Waals surface area contributed by atoms with E-state index in [-0.39, 0.29) is 5.91 Å². The minimum absolute atomic E-state index is 0.00568. The number of thiazole rings is 1. The fourth-order valence-electron chi connectivity index (χ4n) is 2.67. The molecule has 0 aromatic carbocycles. The lowest BCUT2D eigenvalue weighted by molar-refractivity contribution is -0.131. The van der Waals surface area contributed by atoms with Crippen LogP contribution in [0.1, 0.15) is 0 Å². The number of amides is 1. The molecule has 0 bridgehead atoms. The Labute approximate surface area is 152 Å². The number of likely N-dealkylation sites (tertiary alicyclic amines) is 1. The number of carbonyl (C=O) groups excluding carboxylic acids is 1. The summed E-state index contributed by atoms with van der Waals surface area (Å²) in [7, 11) is 0. The third-order valence-corrected chi connectivity index (χ3v) is 5.56. The second-order valence-electron chi connectivity index (χ2n) is 5.69. The molecule has 4 rings (SSSR count). The molecule has 1 saturated heterocycles. The topological polar surface area (TPSA) is 83.0 Å². The van der Waals surface area contributed by atoms with Gasteiger partial charge >= 0.3 is 0 Å². The van der Waals surface area contributed by atoms with Crippen LogP contribution < -0.4 is 10.6 Å². The molecule has 3 aromatic heterocycles. The summed E-state index contributed by atoms with van der Waals surface area (Å²) in [5.74, 6) is 1.76. The van der Waals surface area contributed by atoms with E-state index in [4.69, 9.17) is 0 Å². The Morgan fingerprint density at radius 2 is 2.24 bits per heavy atom. The SMILES string of the molecule is C=CC(=O)N1CC(CNc2nc(Nc3nccs3)nc3ccsc23)C1. The number of thiophene rings is 1. The smallest absolute Gasteiger partial charge is 0.245 e. The van der Waals surface area contributed by atoms with Gasteiger partial charge in [0.1, 0.15) is 5.82 Å². The van der Waals surface area contributed by atoms with Gasteiger partial charge in [-0.05, 0) is 17.5 Å². The normalized spacial score (nSPS) is 14.3. The summed E-state index contributed by atoms with van der Waals surface area (Å²) < 4.78 is 1.03. The van der Waals surface area contributed by atoms with Crippen molar-refractivity contribution in [2.75, 3.05) is 30.3 Å². The van der Waals surface area contributed by atoms with E-state index in [0.29, 0.717) is 11.9 Å². The van der Waals surface area contributed by atoms with Crippen LogP contribution in [0.5, 0.6) is 0 Å². The highest BCUT2D eigenvalue weighted by Crippen LogP contribution is 2.29. The van der Waals surface area contributed by atoms with Gasteiger partial charge in [-0.1, -0.05) is 6.58 Å². The third-order valence-electron chi connectivity index (χ3n) is 3.96. The highest BCUT2D eigenvalue weighted by atomic mass is 32.1. The van der Waals surface area contributed by atoms with Gasteiger partial charge in [-0.25, -0.2) is 9.97 Å². The molecule has 9 heteroatoms. The highest BCUT2D eigenvalue weighted by molar-refractivity contribution is 7.17. The van der Waals surface area contributed by atoms with Gasteiger partial charge in [0.05, 0.1) is 10.2 Å². The largest absolute Gasteiger partial charge is 0.368 e. The van der Waals surface area contributed by atoms with Crippen LogP contribution >= 0.6 is 22.7 Å². The zero-order valence-electron chi connectivity index (χ0n) is 13.3. The molecule has 25 heavy (non-hydrogen) atoms. The molecule has 0 saturated carbocycles. The molecule has 0 unspecified atom stereocenters. The summed E-state index contributed by atoms with van der Waals surface area (Å²) in [6.07, 6.45) is 3.10. The lowest BCUT2D eigenvalue weighted by atomic mass is 10.00. The van der Waals surface area contributed by atoms with Crippen molar-refractivity contribution in [3.63, 3.8) is 0 Å². The Balaban J connectivity index is 1.46. The molecule has 0 radical (unpaired) electrons. The van der Waals surface area contributed by atoms with Crippen molar-refractivity contribution in [2.24, 2.45) is 5.92 Å². The van der Waals surface area contributed by atoms with Crippen LogP contribution in [0.25, 0.3) is 10.2 Å². The van der Waals surface area contributed by atoms with Crippen molar-refractivity contribution in [3.05, 3.63) is 35.7 Å². The van der Waals surface area contributed by atoms with Crippen LogP contribution in [0.15, 0.2) is 35.7 Å². The van der Waals surface area contributed by atoms with Crippen LogP contribution in [-0.2, 0) is 4.79 Å². The molecular formula is C16H16N6OS2. The van der Waals surface area contributed by atoms with Crippen molar-refractivity contribution >= 4 is 55.7 Å². The number of fused-ring (bicyclic) bond motifs is 1. The maximum absolute atomic E-state index is 11.5. The summed E-state index contributed by atoms with van der Waals surface area (Å²) in [6, 6.07) is 1.98. The zero-order chi connectivity index (χ0) is 17.2. The predicted octanol–water partition coefficient (Wildman–Crippen LogP) is 2.95. The Morgan fingerprint density at radius 3 is 3.00 bits per heavy atom. The quantitative estimate of drug-likeness (QED) is 0.648. The second kappa shape index (κ2) is 6.77. The molecule has 0 spiro atoms. The van der Waals surface area contributed by atoms with Gasteiger partial charge in [-0.15, -0.1) is 22.7 Å². The van der Waals surface area contributed by atoms with Crippen molar-refractivity contribution in [1.82, 2.24) is 19.9 Å². The first kappa shape index (κ1) is 16.0. The van der Waals surface area contributed by atoms with Crippen LogP contribution in [-0.4, -0.2) is 45.4 Å². The molecule has 3 aromatic rings. The number of nitrogens with one attached hydrogen (secondary N) is 2. The number of nitrogens with zero attached hydrogens (tertiary/aromatic N) is 4. The van der Waals surface area contributed by atoms with Gasteiger partial charge in [-0.2, -0.15) is 4.98 Å². The van der Waals surface area contributed by atoms with Gasteiger partial charge in [-0.3, -0.25) is 10.1 Å². The van der Waals surface area contributed by atoms with Gasteiger partial charge in [0.15, 0.2) is 5.13 Å². The molecule has 1 aliphatic rings. The zero-order valence-corrected chi connectivity index (χ0v) is 14.9. The molecule has 7 nitrogen and oxygen atoms in total. The Morgan fingerprint density at radius 1 is 1.36 bits per heavy atom. The summed E-state index contributed by atoms with van der Waals surface area (Å²) in [5.41, 5.74) is 0.902. The molecule has 0 atom stereocenters. The summed E-state index contributed by atoms with van der Waals surface area (Å²) >= 11 is 3.11. The first-order chi connectivity index (χ1) is 12.2. The van der Waals surface area contributed by atoms with Gasteiger partial charge in [0.25, 0.3) is 0 Å². The van der Waals surface area contributed by atoms with Crippen molar-refractivity contribution < 1.29 is 4.79 Å². The molecule has 2 N–H and O–H groups in total. The van der Waals surface area contributed by atoms with Crippen LogP contribution in [0.3, 0.4) is 0 Å². The molecule has 4 heterocycles. The molecule has 0 aliphatic carbocycles. The number of hydrogen-bond donors (Lipinski definition) is 2.